The van der Waals surface area contributed by atoms with Crippen LogP contribution in [0.2, 0.25) is 0 Å². The maximum absolute atomic E-state index is 15.5. The van der Waals surface area contributed by atoms with Crippen molar-refractivity contribution in [2.75, 3.05) is 29.7 Å². The second-order valence-corrected chi connectivity index (χ2v) is 9.91. The number of amides is 1. The van der Waals surface area contributed by atoms with E-state index in [1.54, 1.807) is 11.0 Å². The van der Waals surface area contributed by atoms with E-state index in [-0.39, 0.29) is 37.0 Å². The van der Waals surface area contributed by atoms with Gasteiger partial charge in [0.1, 0.15) is 12.2 Å². The van der Waals surface area contributed by atoms with Crippen molar-refractivity contribution >= 4 is 11.6 Å². The van der Waals surface area contributed by atoms with Crippen LogP contribution < -0.4 is 15.3 Å². The molecule has 1 saturated heterocycles. The fourth-order valence-corrected chi connectivity index (χ4v) is 5.96. The highest BCUT2D eigenvalue weighted by Gasteiger charge is 2.47. The molecule has 1 amide bonds. The number of pyridine rings is 1. The highest BCUT2D eigenvalue weighted by atomic mass is 19.2. The number of halogens is 2. The minimum atomic E-state index is -0.919. The Bertz CT molecular complexity index is 1500. The summed E-state index contributed by atoms with van der Waals surface area (Å²) < 4.78 is 37.3. The van der Waals surface area contributed by atoms with E-state index in [4.69, 9.17) is 4.74 Å². The summed E-state index contributed by atoms with van der Waals surface area (Å²) in [5, 5.41) is 12.6. The molecule has 2 atom stereocenters. The first-order valence-corrected chi connectivity index (χ1v) is 12.4. The first kappa shape index (κ1) is 22.3. The van der Waals surface area contributed by atoms with E-state index in [9.17, 15) is 19.1 Å². The predicted molar refractivity (Wildman–Crippen MR) is 130 cm³/mol. The molecule has 0 radical (unpaired) electrons. The molecule has 190 valence electrons. The molecule has 8 nitrogen and oxygen atoms in total. The van der Waals surface area contributed by atoms with Crippen LogP contribution in [0, 0.1) is 11.6 Å². The fourth-order valence-electron chi connectivity index (χ4n) is 5.96. The number of benzene rings is 2. The molecule has 1 aromatic heterocycles. The average molecular weight is 507 g/mol. The highest BCUT2D eigenvalue weighted by molar-refractivity contribution is 5.96. The quantitative estimate of drug-likeness (QED) is 0.576. The molecule has 4 heterocycles. The third-order valence-electron chi connectivity index (χ3n) is 7.82. The number of rotatable bonds is 2. The van der Waals surface area contributed by atoms with Crippen LogP contribution in [-0.2, 0) is 11.3 Å². The van der Waals surface area contributed by atoms with Gasteiger partial charge in [-0.2, -0.15) is 0 Å². The molecule has 2 fully saturated rings. The monoisotopic (exact) mass is 506 g/mol. The van der Waals surface area contributed by atoms with Gasteiger partial charge in [0.15, 0.2) is 23.1 Å². The van der Waals surface area contributed by atoms with E-state index in [0.717, 1.165) is 30.2 Å². The van der Waals surface area contributed by atoms with Gasteiger partial charge in [-0.15, -0.1) is 0 Å². The Kier molecular flexibility index (Phi) is 4.84. The van der Waals surface area contributed by atoms with Crippen molar-refractivity contribution in [3.05, 3.63) is 92.9 Å². The lowest BCUT2D eigenvalue weighted by Crippen LogP contribution is -2.66. The lowest BCUT2D eigenvalue weighted by molar-refractivity contribution is -0.0196. The van der Waals surface area contributed by atoms with Crippen LogP contribution in [0.25, 0.3) is 0 Å². The first-order valence-electron chi connectivity index (χ1n) is 12.4. The summed E-state index contributed by atoms with van der Waals surface area (Å²) in [6.45, 7) is 0.940. The van der Waals surface area contributed by atoms with E-state index in [0.29, 0.717) is 12.2 Å². The van der Waals surface area contributed by atoms with Crippen LogP contribution in [0.15, 0.2) is 53.5 Å². The number of hydrogen-bond acceptors (Lipinski definition) is 6. The maximum atomic E-state index is 15.5. The summed E-state index contributed by atoms with van der Waals surface area (Å²) in [6, 6.07) is 11.2. The molecule has 0 bridgehead atoms. The Morgan fingerprint density at radius 3 is 2.59 bits per heavy atom. The van der Waals surface area contributed by atoms with Gasteiger partial charge in [-0.1, -0.05) is 24.3 Å². The smallest absolute Gasteiger partial charge is 0.278 e. The predicted octanol–water partition coefficient (Wildman–Crippen LogP) is 2.85. The number of carbonyl (C=O) groups is 1. The van der Waals surface area contributed by atoms with E-state index in [2.05, 4.69) is 4.90 Å². The molecule has 3 aliphatic heterocycles. The SMILES string of the molecule is O=C1c2c(O)c(=O)ccn2N(C2c3ccccc3N(C3CC3)Cc3c2ccc(F)c3F)C2COCCN12. The number of morpholine rings is 1. The molecule has 1 aliphatic carbocycles. The lowest BCUT2D eigenvalue weighted by atomic mass is 9.93. The van der Waals surface area contributed by atoms with Crippen LogP contribution >= 0.6 is 0 Å². The number of aromatic nitrogens is 1. The number of para-hydroxylation sites is 1. The molecular formula is C27H24F2N4O4. The summed E-state index contributed by atoms with van der Waals surface area (Å²) in [7, 11) is 0. The number of carbonyl (C=O) groups excluding carboxylic acids is 1. The van der Waals surface area contributed by atoms with E-state index in [1.807, 2.05) is 29.3 Å². The van der Waals surface area contributed by atoms with Crippen LogP contribution in [0.1, 0.15) is 46.1 Å². The first-order chi connectivity index (χ1) is 18.0. The van der Waals surface area contributed by atoms with Crippen molar-refractivity contribution in [3.8, 4) is 5.75 Å². The topological polar surface area (TPSA) is 78.2 Å². The van der Waals surface area contributed by atoms with Crippen LogP contribution in [0.5, 0.6) is 5.75 Å². The van der Waals surface area contributed by atoms with Gasteiger partial charge in [-0.05, 0) is 30.5 Å². The standard InChI is InChI=1S/C27H24F2N4O4/c28-19-8-7-16-18(23(19)29)13-31(15-5-6-15)20-4-2-1-3-17(20)24(16)33-22-14-37-12-11-30(22)27(36)25-26(35)21(34)9-10-32(25)33/h1-4,7-10,15,22,24,35H,5-6,11-14H2. The van der Waals surface area contributed by atoms with Crippen LogP contribution in [0.4, 0.5) is 14.5 Å². The fraction of sp³-hybridized carbons (Fsp3) is 0.333. The minimum absolute atomic E-state index is 0.157. The van der Waals surface area contributed by atoms with E-state index < -0.39 is 40.9 Å². The molecule has 4 aliphatic rings. The van der Waals surface area contributed by atoms with Crippen molar-refractivity contribution in [1.82, 2.24) is 9.58 Å². The zero-order chi connectivity index (χ0) is 25.4. The zero-order valence-corrected chi connectivity index (χ0v) is 19.8. The summed E-state index contributed by atoms with van der Waals surface area (Å²) in [6.07, 6.45) is 2.77. The van der Waals surface area contributed by atoms with Crippen molar-refractivity contribution in [2.45, 2.75) is 37.6 Å². The van der Waals surface area contributed by atoms with Crippen LogP contribution in [0.3, 0.4) is 0 Å². The molecule has 3 aromatic rings. The number of fused-ring (bicyclic) bond motifs is 4. The van der Waals surface area contributed by atoms with Gasteiger partial charge in [0.05, 0.1) is 13.2 Å². The molecule has 7 rings (SSSR count). The lowest BCUT2D eigenvalue weighted by Gasteiger charge is -2.51. The normalized spacial score (nSPS) is 22.6. The Morgan fingerprint density at radius 1 is 0.973 bits per heavy atom. The maximum Gasteiger partial charge on any atom is 0.278 e. The number of anilines is 1. The van der Waals surface area contributed by atoms with Gasteiger partial charge in [0.2, 0.25) is 5.43 Å². The highest BCUT2D eigenvalue weighted by Crippen LogP contribution is 2.46. The molecular weight excluding hydrogens is 482 g/mol. The van der Waals surface area contributed by atoms with Crippen molar-refractivity contribution in [2.24, 2.45) is 0 Å². The minimum Gasteiger partial charge on any atom is -0.502 e. The van der Waals surface area contributed by atoms with Gasteiger partial charge in [0.25, 0.3) is 5.91 Å². The van der Waals surface area contributed by atoms with Crippen molar-refractivity contribution < 1.29 is 23.4 Å². The molecule has 37 heavy (non-hydrogen) atoms. The third-order valence-corrected chi connectivity index (χ3v) is 7.82. The third kappa shape index (κ3) is 3.21. The molecule has 10 heteroatoms. The number of nitrogens with zero attached hydrogens (tertiary/aromatic N) is 4. The van der Waals surface area contributed by atoms with Crippen LogP contribution in [-0.4, -0.2) is 52.6 Å². The Balaban J connectivity index is 1.54. The number of hydrogen-bond donors (Lipinski definition) is 1. The number of aromatic hydroxyl groups is 1. The zero-order valence-electron chi connectivity index (χ0n) is 19.8. The van der Waals surface area contributed by atoms with Crippen molar-refractivity contribution in [3.63, 3.8) is 0 Å². The van der Waals surface area contributed by atoms with E-state index >= 15 is 4.39 Å². The summed E-state index contributed by atoms with van der Waals surface area (Å²) in [5.41, 5.74) is 1.73. The Labute approximate surface area is 210 Å². The van der Waals surface area contributed by atoms with Gasteiger partial charge in [0, 0.05) is 48.2 Å². The van der Waals surface area contributed by atoms with Gasteiger partial charge in [-0.25, -0.2) is 8.78 Å². The largest absolute Gasteiger partial charge is 0.502 e. The van der Waals surface area contributed by atoms with Crippen molar-refractivity contribution in [1.29, 1.82) is 0 Å². The molecule has 1 saturated carbocycles. The number of ether oxygens (including phenoxy) is 1. The Hall–Kier alpha value is -3.92. The second kappa shape index (κ2) is 8.04. The molecule has 2 unspecified atom stereocenters. The Morgan fingerprint density at radius 2 is 1.78 bits per heavy atom. The molecule has 2 aromatic carbocycles. The molecule has 0 spiro atoms. The summed E-state index contributed by atoms with van der Waals surface area (Å²) in [4.78, 5) is 29.5. The van der Waals surface area contributed by atoms with Gasteiger partial charge >= 0.3 is 0 Å². The van der Waals surface area contributed by atoms with Gasteiger partial charge in [-0.3, -0.25) is 19.3 Å². The summed E-state index contributed by atoms with van der Waals surface area (Å²) in [5.74, 6) is -2.94. The van der Waals surface area contributed by atoms with E-state index in [1.165, 1.54) is 16.9 Å². The molecule has 1 N–H and O–H groups in total. The average Bonchev–Trinajstić information content (AvgIpc) is 3.76. The van der Waals surface area contributed by atoms with Gasteiger partial charge < -0.3 is 19.6 Å². The second-order valence-electron chi connectivity index (χ2n) is 9.91. The summed E-state index contributed by atoms with van der Waals surface area (Å²) >= 11 is 0.